The zero-order valence-electron chi connectivity index (χ0n) is 7.59. The van der Waals surface area contributed by atoms with Gasteiger partial charge in [-0.2, -0.15) is 5.10 Å². The van der Waals surface area contributed by atoms with Crippen LogP contribution < -0.4 is 5.73 Å². The molecule has 15 heavy (non-hydrogen) atoms. The van der Waals surface area contributed by atoms with Gasteiger partial charge in [-0.15, -0.1) is 0 Å². The number of hydrogen-bond acceptors (Lipinski definition) is 3. The number of amides is 1. The number of nitrogens with two attached hydrogens (primary N) is 1. The maximum Gasteiger partial charge on any atom is 0.251 e. The van der Waals surface area contributed by atoms with Crippen molar-refractivity contribution < 1.29 is 4.79 Å². The van der Waals surface area contributed by atoms with Crippen LogP contribution in [-0.4, -0.2) is 20.7 Å². The molecule has 0 fully saturated rings. The quantitative estimate of drug-likeness (QED) is 0.886. The minimum absolute atomic E-state index is 0.361. The second-order valence-corrected chi connectivity index (χ2v) is 3.79. The van der Waals surface area contributed by atoms with Gasteiger partial charge in [0, 0.05) is 16.9 Å². The molecule has 0 aromatic carbocycles. The summed E-state index contributed by atoms with van der Waals surface area (Å²) in [4.78, 5) is 15.0. The largest absolute Gasteiger partial charge is 0.366 e. The van der Waals surface area contributed by atoms with Crippen LogP contribution in [0.15, 0.2) is 35.2 Å². The van der Waals surface area contributed by atoms with E-state index in [1.54, 1.807) is 18.5 Å². The van der Waals surface area contributed by atoms with Gasteiger partial charge in [0.25, 0.3) is 5.91 Å². The first-order valence-corrected chi connectivity index (χ1v) is 4.92. The highest BCUT2D eigenvalue weighted by atomic mass is 79.9. The van der Waals surface area contributed by atoms with Crippen LogP contribution in [0.3, 0.4) is 0 Å². The molecule has 0 unspecified atom stereocenters. The zero-order chi connectivity index (χ0) is 10.8. The maximum atomic E-state index is 10.8. The molecule has 0 aliphatic heterocycles. The fourth-order valence-corrected chi connectivity index (χ4v) is 1.31. The van der Waals surface area contributed by atoms with Crippen molar-refractivity contribution in [3.05, 3.63) is 40.8 Å². The Morgan fingerprint density at radius 3 is 2.73 bits per heavy atom. The molecule has 0 saturated heterocycles. The fourth-order valence-electron chi connectivity index (χ4n) is 1.08. The number of hydrogen-bond donors (Lipinski definition) is 1. The molecule has 2 aromatic heterocycles. The Kier molecular flexibility index (Phi) is 2.51. The van der Waals surface area contributed by atoms with E-state index in [0.29, 0.717) is 11.4 Å². The number of pyridine rings is 1. The van der Waals surface area contributed by atoms with E-state index < -0.39 is 5.91 Å². The van der Waals surface area contributed by atoms with Gasteiger partial charge in [0.15, 0.2) is 5.82 Å². The number of halogens is 1. The summed E-state index contributed by atoms with van der Waals surface area (Å²) in [5.41, 5.74) is 5.47. The third-order valence-electron chi connectivity index (χ3n) is 1.81. The molecule has 0 aliphatic rings. The SMILES string of the molecule is NC(=O)c1cnn(-c2ccc(Br)cn2)c1. The number of primary amides is 1. The van der Waals surface area contributed by atoms with Gasteiger partial charge in [-0.25, -0.2) is 9.67 Å². The van der Waals surface area contributed by atoms with E-state index in [0.717, 1.165) is 4.47 Å². The number of carbonyl (C=O) groups is 1. The standard InChI is InChI=1S/C9H7BrN4O/c10-7-1-2-8(12-4-7)14-5-6(3-13-14)9(11)15/h1-5H,(H2,11,15). The Labute approximate surface area is 94.0 Å². The lowest BCUT2D eigenvalue weighted by Crippen LogP contribution is -2.09. The molecule has 2 rings (SSSR count). The molecule has 0 radical (unpaired) electrons. The van der Waals surface area contributed by atoms with Crippen LogP contribution in [0, 0.1) is 0 Å². The second-order valence-electron chi connectivity index (χ2n) is 2.87. The van der Waals surface area contributed by atoms with E-state index in [1.807, 2.05) is 6.07 Å². The van der Waals surface area contributed by atoms with Crippen LogP contribution in [0.2, 0.25) is 0 Å². The number of carbonyl (C=O) groups excluding carboxylic acids is 1. The summed E-state index contributed by atoms with van der Waals surface area (Å²) in [6.07, 6.45) is 4.60. The Morgan fingerprint density at radius 2 is 2.20 bits per heavy atom. The maximum absolute atomic E-state index is 10.8. The van der Waals surface area contributed by atoms with Crippen LogP contribution in [-0.2, 0) is 0 Å². The van der Waals surface area contributed by atoms with Crippen molar-refractivity contribution >= 4 is 21.8 Å². The third-order valence-corrected chi connectivity index (χ3v) is 2.28. The Hall–Kier alpha value is -1.69. The van der Waals surface area contributed by atoms with E-state index in [4.69, 9.17) is 5.73 Å². The Balaban J connectivity index is 2.37. The summed E-state index contributed by atoms with van der Waals surface area (Å²) in [6.45, 7) is 0. The molecule has 2 heterocycles. The molecule has 1 amide bonds. The van der Waals surface area contributed by atoms with Crippen LogP contribution in [0.25, 0.3) is 5.82 Å². The molecular weight excluding hydrogens is 260 g/mol. The van der Waals surface area contributed by atoms with Gasteiger partial charge in [-0.3, -0.25) is 4.79 Å². The molecule has 0 bridgehead atoms. The zero-order valence-corrected chi connectivity index (χ0v) is 9.18. The van der Waals surface area contributed by atoms with Crippen molar-refractivity contribution in [3.63, 3.8) is 0 Å². The van der Waals surface area contributed by atoms with Crippen molar-refractivity contribution in [2.24, 2.45) is 5.73 Å². The number of aromatic nitrogens is 3. The number of nitrogens with zero attached hydrogens (tertiary/aromatic N) is 3. The summed E-state index contributed by atoms with van der Waals surface area (Å²) in [6, 6.07) is 3.62. The minimum atomic E-state index is -0.502. The Bertz CT molecular complexity index is 491. The highest BCUT2D eigenvalue weighted by molar-refractivity contribution is 9.10. The average Bonchev–Trinajstić information content (AvgIpc) is 2.68. The predicted molar refractivity (Wildman–Crippen MR) is 57.6 cm³/mol. The topological polar surface area (TPSA) is 73.8 Å². The summed E-state index contributed by atoms with van der Waals surface area (Å²) < 4.78 is 2.38. The molecule has 0 aliphatic carbocycles. The van der Waals surface area contributed by atoms with Gasteiger partial charge in [0.2, 0.25) is 0 Å². The van der Waals surface area contributed by atoms with Crippen molar-refractivity contribution in [1.29, 1.82) is 0 Å². The van der Waals surface area contributed by atoms with Crippen molar-refractivity contribution in [2.45, 2.75) is 0 Å². The molecular formula is C9H7BrN4O. The first-order chi connectivity index (χ1) is 7.16. The smallest absolute Gasteiger partial charge is 0.251 e. The molecule has 2 aromatic rings. The van der Waals surface area contributed by atoms with E-state index >= 15 is 0 Å². The van der Waals surface area contributed by atoms with Crippen molar-refractivity contribution in [3.8, 4) is 5.82 Å². The van der Waals surface area contributed by atoms with Gasteiger partial charge >= 0.3 is 0 Å². The molecule has 2 N–H and O–H groups in total. The lowest BCUT2D eigenvalue weighted by molar-refractivity contribution is 0.100. The highest BCUT2D eigenvalue weighted by Crippen LogP contribution is 2.10. The molecule has 5 nitrogen and oxygen atoms in total. The van der Waals surface area contributed by atoms with Crippen LogP contribution >= 0.6 is 15.9 Å². The monoisotopic (exact) mass is 266 g/mol. The van der Waals surface area contributed by atoms with Crippen LogP contribution in [0.1, 0.15) is 10.4 Å². The minimum Gasteiger partial charge on any atom is -0.366 e. The second kappa shape index (κ2) is 3.82. The van der Waals surface area contributed by atoms with E-state index in [1.165, 1.54) is 10.9 Å². The van der Waals surface area contributed by atoms with Gasteiger partial charge in [-0.05, 0) is 28.1 Å². The number of rotatable bonds is 2. The van der Waals surface area contributed by atoms with Gasteiger partial charge < -0.3 is 5.73 Å². The summed E-state index contributed by atoms with van der Waals surface area (Å²) in [7, 11) is 0. The van der Waals surface area contributed by atoms with Gasteiger partial charge in [-0.1, -0.05) is 0 Å². The van der Waals surface area contributed by atoms with Crippen LogP contribution in [0.4, 0.5) is 0 Å². The van der Waals surface area contributed by atoms with Gasteiger partial charge in [0.05, 0.1) is 11.8 Å². The van der Waals surface area contributed by atoms with E-state index in [9.17, 15) is 4.79 Å². The van der Waals surface area contributed by atoms with E-state index in [2.05, 4.69) is 26.0 Å². The molecule has 76 valence electrons. The average molecular weight is 267 g/mol. The molecule has 6 heteroatoms. The summed E-state index contributed by atoms with van der Waals surface area (Å²) in [5.74, 6) is 0.129. The lowest BCUT2D eigenvalue weighted by atomic mass is 10.3. The first-order valence-electron chi connectivity index (χ1n) is 4.13. The summed E-state index contributed by atoms with van der Waals surface area (Å²) in [5, 5.41) is 3.98. The molecule has 0 atom stereocenters. The summed E-state index contributed by atoms with van der Waals surface area (Å²) >= 11 is 3.28. The van der Waals surface area contributed by atoms with Gasteiger partial charge in [0.1, 0.15) is 0 Å². The molecule has 0 spiro atoms. The lowest BCUT2D eigenvalue weighted by Gasteiger charge is -1.98. The third kappa shape index (κ3) is 2.04. The van der Waals surface area contributed by atoms with E-state index in [-0.39, 0.29) is 0 Å². The Morgan fingerprint density at radius 1 is 1.40 bits per heavy atom. The normalized spacial score (nSPS) is 10.2. The first kappa shape index (κ1) is 9.85. The van der Waals surface area contributed by atoms with Crippen LogP contribution in [0.5, 0.6) is 0 Å². The van der Waals surface area contributed by atoms with Crippen molar-refractivity contribution in [2.75, 3.05) is 0 Å². The van der Waals surface area contributed by atoms with Crippen molar-refractivity contribution in [1.82, 2.24) is 14.8 Å². The predicted octanol–water partition coefficient (Wildman–Crippen LogP) is 1.13. The molecule has 0 saturated carbocycles. The fraction of sp³-hybridized carbons (Fsp3) is 0. The highest BCUT2D eigenvalue weighted by Gasteiger charge is 2.05.